The molecule has 0 amide bonds. The van der Waals surface area contributed by atoms with Crippen molar-refractivity contribution in [3.63, 3.8) is 0 Å². The number of benzene rings is 2. The third-order valence-corrected chi connectivity index (χ3v) is 3.20. The van der Waals surface area contributed by atoms with E-state index in [1.54, 1.807) is 6.92 Å². The fourth-order valence-electron chi connectivity index (χ4n) is 1.77. The van der Waals surface area contributed by atoms with Crippen LogP contribution in [-0.2, 0) is 12.1 Å². The number of hydrogen-bond donors (Lipinski definition) is 0. The second-order valence-electron chi connectivity index (χ2n) is 4.46. The zero-order valence-electron chi connectivity index (χ0n) is 11.0. The summed E-state index contributed by atoms with van der Waals surface area (Å²) in [6, 6.07) is 7.57. The molecule has 0 bridgehead atoms. The average molecular weight is 319 g/mol. The summed E-state index contributed by atoms with van der Waals surface area (Å²) >= 11 is 5.50. The van der Waals surface area contributed by atoms with E-state index in [2.05, 4.69) is 0 Å². The Labute approximate surface area is 124 Å². The Balaban J connectivity index is 2.34. The van der Waals surface area contributed by atoms with Crippen molar-refractivity contribution in [3.05, 3.63) is 58.9 Å². The van der Waals surface area contributed by atoms with Gasteiger partial charge < -0.3 is 4.74 Å². The molecule has 0 aromatic heterocycles. The summed E-state index contributed by atoms with van der Waals surface area (Å²) in [5, 5.41) is 0. The first kappa shape index (κ1) is 15.6. The summed E-state index contributed by atoms with van der Waals surface area (Å²) in [5.74, 6) is -0.640. The maximum Gasteiger partial charge on any atom is 0.416 e. The smallest absolute Gasteiger partial charge is 0.416 e. The maximum atomic E-state index is 13.4. The predicted octanol–water partition coefficient (Wildman–Crippen LogP) is 5.68. The highest BCUT2D eigenvalue weighted by atomic mass is 35.5. The first-order valence-corrected chi connectivity index (χ1v) is 6.55. The molecule has 0 aliphatic rings. The van der Waals surface area contributed by atoms with E-state index in [9.17, 15) is 17.6 Å². The Morgan fingerprint density at radius 3 is 2.24 bits per heavy atom. The number of ether oxygens (including phenoxy) is 1. The van der Waals surface area contributed by atoms with Crippen LogP contribution in [-0.4, -0.2) is 0 Å². The minimum Gasteiger partial charge on any atom is -0.457 e. The standard InChI is InChI=1S/C15H11ClF4O/c1-9-2-4-12(7-14(9)17)21-11-5-3-10(8-16)13(6-11)15(18,19)20/h2-7H,8H2,1H3. The maximum absolute atomic E-state index is 13.4. The van der Waals surface area contributed by atoms with E-state index in [0.717, 1.165) is 12.1 Å². The van der Waals surface area contributed by atoms with E-state index in [-0.39, 0.29) is 22.9 Å². The molecule has 0 saturated carbocycles. The lowest BCUT2D eigenvalue weighted by atomic mass is 10.1. The lowest BCUT2D eigenvalue weighted by Crippen LogP contribution is -2.08. The van der Waals surface area contributed by atoms with Gasteiger partial charge in [0.25, 0.3) is 0 Å². The highest BCUT2D eigenvalue weighted by Crippen LogP contribution is 2.36. The molecule has 0 unspecified atom stereocenters. The second kappa shape index (κ2) is 5.93. The zero-order valence-corrected chi connectivity index (χ0v) is 11.7. The minimum absolute atomic E-state index is 0.0283. The molecule has 21 heavy (non-hydrogen) atoms. The van der Waals surface area contributed by atoms with Crippen LogP contribution in [0.3, 0.4) is 0 Å². The highest BCUT2D eigenvalue weighted by molar-refractivity contribution is 6.17. The van der Waals surface area contributed by atoms with E-state index < -0.39 is 17.6 Å². The molecule has 0 atom stereocenters. The van der Waals surface area contributed by atoms with Gasteiger partial charge in [0.05, 0.1) is 5.56 Å². The van der Waals surface area contributed by atoms with E-state index in [1.807, 2.05) is 0 Å². The van der Waals surface area contributed by atoms with E-state index in [1.165, 1.54) is 24.3 Å². The van der Waals surface area contributed by atoms with Crippen LogP contribution >= 0.6 is 11.6 Å². The second-order valence-corrected chi connectivity index (χ2v) is 4.73. The molecule has 0 saturated heterocycles. The summed E-state index contributed by atoms with van der Waals surface area (Å²) in [7, 11) is 0. The number of alkyl halides is 4. The monoisotopic (exact) mass is 318 g/mol. The third-order valence-electron chi connectivity index (χ3n) is 2.91. The van der Waals surface area contributed by atoms with E-state index in [0.29, 0.717) is 5.56 Å². The molecule has 0 aliphatic carbocycles. The molecule has 2 aromatic carbocycles. The molecule has 0 N–H and O–H groups in total. The fourth-order valence-corrected chi connectivity index (χ4v) is 2.01. The SMILES string of the molecule is Cc1ccc(Oc2ccc(CCl)c(C(F)(F)F)c2)cc1F. The number of hydrogen-bond acceptors (Lipinski definition) is 1. The van der Waals surface area contributed by atoms with Crippen molar-refractivity contribution in [2.75, 3.05) is 0 Å². The molecule has 0 heterocycles. The topological polar surface area (TPSA) is 9.23 Å². The summed E-state index contributed by atoms with van der Waals surface area (Å²) in [6.07, 6.45) is -4.53. The van der Waals surface area contributed by atoms with E-state index in [4.69, 9.17) is 16.3 Å². The van der Waals surface area contributed by atoms with Gasteiger partial charge in [-0.25, -0.2) is 4.39 Å². The first-order chi connectivity index (χ1) is 9.81. The van der Waals surface area contributed by atoms with Crippen LogP contribution in [0.5, 0.6) is 11.5 Å². The van der Waals surface area contributed by atoms with Gasteiger partial charge in [0.1, 0.15) is 17.3 Å². The highest BCUT2D eigenvalue weighted by Gasteiger charge is 2.33. The summed E-state index contributed by atoms with van der Waals surface area (Å²) in [6.45, 7) is 1.58. The van der Waals surface area contributed by atoms with Crippen LogP contribution in [0, 0.1) is 12.7 Å². The fraction of sp³-hybridized carbons (Fsp3) is 0.200. The molecule has 0 fully saturated rings. The Kier molecular flexibility index (Phi) is 4.42. The van der Waals surface area contributed by atoms with Crippen molar-refractivity contribution in [3.8, 4) is 11.5 Å². The van der Waals surface area contributed by atoms with Gasteiger partial charge in [0.2, 0.25) is 0 Å². The number of halogens is 5. The van der Waals surface area contributed by atoms with Gasteiger partial charge in [-0.05, 0) is 36.2 Å². The van der Waals surface area contributed by atoms with Gasteiger partial charge in [-0.1, -0.05) is 12.1 Å². The number of rotatable bonds is 3. The van der Waals surface area contributed by atoms with Crippen molar-refractivity contribution in [2.45, 2.75) is 19.0 Å². The van der Waals surface area contributed by atoms with Gasteiger partial charge in [-0.15, -0.1) is 11.6 Å². The molecule has 2 rings (SSSR count). The van der Waals surface area contributed by atoms with Crippen molar-refractivity contribution >= 4 is 11.6 Å². The van der Waals surface area contributed by atoms with Crippen LogP contribution < -0.4 is 4.74 Å². The van der Waals surface area contributed by atoms with Gasteiger partial charge in [0, 0.05) is 11.9 Å². The van der Waals surface area contributed by atoms with Crippen LogP contribution in [0.25, 0.3) is 0 Å². The largest absolute Gasteiger partial charge is 0.457 e. The molecule has 112 valence electrons. The van der Waals surface area contributed by atoms with Gasteiger partial charge in [-0.3, -0.25) is 0 Å². The lowest BCUT2D eigenvalue weighted by molar-refractivity contribution is -0.138. The normalized spacial score (nSPS) is 11.5. The molecule has 0 radical (unpaired) electrons. The Hall–Kier alpha value is -1.75. The molecule has 6 heteroatoms. The first-order valence-electron chi connectivity index (χ1n) is 6.01. The molecule has 1 nitrogen and oxygen atoms in total. The predicted molar refractivity (Wildman–Crippen MR) is 72.2 cm³/mol. The van der Waals surface area contributed by atoms with Gasteiger partial charge in [-0.2, -0.15) is 13.2 Å². The van der Waals surface area contributed by atoms with Crippen molar-refractivity contribution in [2.24, 2.45) is 0 Å². The van der Waals surface area contributed by atoms with Crippen LogP contribution in [0.4, 0.5) is 17.6 Å². The van der Waals surface area contributed by atoms with E-state index >= 15 is 0 Å². The quantitative estimate of drug-likeness (QED) is 0.522. The molecule has 0 aliphatic heterocycles. The van der Waals surface area contributed by atoms with Crippen molar-refractivity contribution < 1.29 is 22.3 Å². The molecule has 0 spiro atoms. The van der Waals surface area contributed by atoms with Crippen LogP contribution in [0.2, 0.25) is 0 Å². The molecule has 2 aromatic rings. The van der Waals surface area contributed by atoms with Gasteiger partial charge >= 0.3 is 6.18 Å². The molecular formula is C15H11ClF4O. The Bertz CT molecular complexity index is 653. The van der Waals surface area contributed by atoms with Gasteiger partial charge in [0.15, 0.2) is 0 Å². The van der Waals surface area contributed by atoms with Crippen LogP contribution in [0.15, 0.2) is 36.4 Å². The summed E-state index contributed by atoms with van der Waals surface area (Å²) < 4.78 is 57.3. The zero-order chi connectivity index (χ0) is 15.6. The lowest BCUT2D eigenvalue weighted by Gasteiger charge is -2.13. The minimum atomic E-state index is -4.53. The van der Waals surface area contributed by atoms with Crippen molar-refractivity contribution in [1.29, 1.82) is 0 Å². The third kappa shape index (κ3) is 3.67. The summed E-state index contributed by atoms with van der Waals surface area (Å²) in [5.41, 5.74) is -0.468. The number of aryl methyl sites for hydroxylation is 1. The average Bonchev–Trinajstić information content (AvgIpc) is 2.42. The Morgan fingerprint density at radius 1 is 1.05 bits per heavy atom. The Morgan fingerprint density at radius 2 is 1.67 bits per heavy atom. The molecular weight excluding hydrogens is 308 g/mol. The van der Waals surface area contributed by atoms with Crippen molar-refractivity contribution in [1.82, 2.24) is 0 Å². The van der Waals surface area contributed by atoms with Crippen LogP contribution in [0.1, 0.15) is 16.7 Å². The summed E-state index contributed by atoms with van der Waals surface area (Å²) in [4.78, 5) is 0.